The van der Waals surface area contributed by atoms with Gasteiger partial charge in [0.1, 0.15) is 0 Å². The largest absolute Gasteiger partial charge is 0.361 e. The summed E-state index contributed by atoms with van der Waals surface area (Å²) in [7, 11) is 0. The Morgan fingerprint density at radius 2 is 2.24 bits per heavy atom. The molecule has 1 aliphatic heterocycles. The van der Waals surface area contributed by atoms with Crippen molar-refractivity contribution in [1.82, 2.24) is 10.3 Å². The van der Waals surface area contributed by atoms with Crippen LogP contribution in [0.3, 0.4) is 0 Å². The third-order valence-corrected chi connectivity index (χ3v) is 3.56. The van der Waals surface area contributed by atoms with E-state index < -0.39 is 0 Å². The number of aromatic amines is 1. The van der Waals surface area contributed by atoms with Gasteiger partial charge in [0.15, 0.2) is 0 Å². The second-order valence-corrected chi connectivity index (χ2v) is 4.62. The summed E-state index contributed by atoms with van der Waals surface area (Å²) < 4.78 is 0. The molecule has 1 aliphatic rings. The maximum absolute atomic E-state index is 3.38. The first-order valence-electron chi connectivity index (χ1n) is 6.38. The van der Waals surface area contributed by atoms with Crippen molar-refractivity contribution in [3.63, 3.8) is 0 Å². The maximum atomic E-state index is 3.38. The molecule has 1 aromatic heterocycles. The summed E-state index contributed by atoms with van der Waals surface area (Å²) in [6, 6.07) is 6.72. The molecule has 1 aromatic carbocycles. The molecule has 0 bridgehead atoms. The van der Waals surface area contributed by atoms with Crippen LogP contribution in [0.15, 0.2) is 30.5 Å². The van der Waals surface area contributed by atoms with Crippen molar-refractivity contribution < 1.29 is 0 Å². The lowest BCUT2D eigenvalue weighted by molar-refractivity contribution is 0.739. The van der Waals surface area contributed by atoms with Gasteiger partial charge in [-0.1, -0.05) is 19.1 Å². The van der Waals surface area contributed by atoms with Gasteiger partial charge in [-0.3, -0.25) is 0 Å². The van der Waals surface area contributed by atoms with Crippen LogP contribution in [0.1, 0.15) is 24.5 Å². The first kappa shape index (κ1) is 10.6. The molecule has 0 radical (unpaired) electrons. The summed E-state index contributed by atoms with van der Waals surface area (Å²) in [5.74, 6) is 0. The van der Waals surface area contributed by atoms with Gasteiger partial charge in [0.25, 0.3) is 0 Å². The number of nitrogens with one attached hydrogen (secondary N) is 2. The van der Waals surface area contributed by atoms with E-state index in [1.54, 1.807) is 0 Å². The van der Waals surface area contributed by atoms with Crippen molar-refractivity contribution in [2.75, 3.05) is 13.1 Å². The molecule has 0 saturated carbocycles. The second-order valence-electron chi connectivity index (χ2n) is 4.62. The quantitative estimate of drug-likeness (QED) is 0.809. The number of fused-ring (bicyclic) bond motifs is 1. The van der Waals surface area contributed by atoms with Gasteiger partial charge in [-0.15, -0.1) is 0 Å². The summed E-state index contributed by atoms with van der Waals surface area (Å²) in [5, 5.41) is 4.73. The van der Waals surface area contributed by atoms with Crippen LogP contribution in [0.4, 0.5) is 0 Å². The van der Waals surface area contributed by atoms with Crippen molar-refractivity contribution >= 4 is 16.5 Å². The van der Waals surface area contributed by atoms with Crippen molar-refractivity contribution in [2.24, 2.45) is 0 Å². The molecule has 0 fully saturated rings. The van der Waals surface area contributed by atoms with Crippen LogP contribution in [0.2, 0.25) is 0 Å². The highest BCUT2D eigenvalue weighted by molar-refractivity contribution is 5.93. The van der Waals surface area contributed by atoms with E-state index in [4.69, 9.17) is 0 Å². The van der Waals surface area contributed by atoms with Gasteiger partial charge >= 0.3 is 0 Å². The summed E-state index contributed by atoms with van der Waals surface area (Å²) >= 11 is 0. The van der Waals surface area contributed by atoms with Crippen molar-refractivity contribution in [3.8, 4) is 0 Å². The van der Waals surface area contributed by atoms with Crippen LogP contribution in [0.25, 0.3) is 16.5 Å². The highest BCUT2D eigenvalue weighted by Crippen LogP contribution is 2.28. The van der Waals surface area contributed by atoms with E-state index >= 15 is 0 Å². The zero-order valence-electron chi connectivity index (χ0n) is 10.2. The van der Waals surface area contributed by atoms with Crippen molar-refractivity contribution in [2.45, 2.75) is 19.8 Å². The molecule has 0 atom stereocenters. The fourth-order valence-electron chi connectivity index (χ4n) is 2.52. The molecule has 0 unspecified atom stereocenters. The molecule has 2 N–H and O–H groups in total. The topological polar surface area (TPSA) is 27.8 Å². The van der Waals surface area contributed by atoms with E-state index in [-0.39, 0.29) is 0 Å². The number of benzene rings is 1. The molecule has 2 aromatic rings. The highest BCUT2D eigenvalue weighted by atomic mass is 14.8. The number of aryl methyl sites for hydroxylation is 1. The molecule has 0 amide bonds. The Balaban J connectivity index is 2.12. The van der Waals surface area contributed by atoms with Crippen LogP contribution in [0, 0.1) is 0 Å². The predicted octanol–water partition coefficient (Wildman–Crippen LogP) is 3.11. The number of H-pyrrole nitrogens is 1. The molecule has 2 heteroatoms. The average molecular weight is 226 g/mol. The summed E-state index contributed by atoms with van der Waals surface area (Å²) in [6.45, 7) is 4.29. The third kappa shape index (κ3) is 1.89. The molecule has 88 valence electrons. The van der Waals surface area contributed by atoms with Gasteiger partial charge in [-0.2, -0.15) is 0 Å². The zero-order chi connectivity index (χ0) is 11.7. The fourth-order valence-corrected chi connectivity index (χ4v) is 2.52. The summed E-state index contributed by atoms with van der Waals surface area (Å²) in [5.41, 5.74) is 5.52. The summed E-state index contributed by atoms with van der Waals surface area (Å²) in [4.78, 5) is 3.38. The molecule has 2 heterocycles. The summed E-state index contributed by atoms with van der Waals surface area (Å²) in [6.07, 6.45) is 6.69. The average Bonchev–Trinajstić information content (AvgIpc) is 2.82. The number of hydrogen-bond donors (Lipinski definition) is 2. The Morgan fingerprint density at radius 1 is 1.29 bits per heavy atom. The Hall–Kier alpha value is -1.54. The lowest BCUT2D eigenvalue weighted by Gasteiger charge is -2.13. The van der Waals surface area contributed by atoms with E-state index in [1.165, 1.54) is 27.6 Å². The normalized spacial score (nSPS) is 16.2. The van der Waals surface area contributed by atoms with Crippen LogP contribution < -0.4 is 5.32 Å². The predicted molar refractivity (Wildman–Crippen MR) is 73.1 cm³/mol. The fraction of sp³-hybridized carbons (Fsp3) is 0.333. The van der Waals surface area contributed by atoms with E-state index in [1.807, 2.05) is 0 Å². The van der Waals surface area contributed by atoms with Gasteiger partial charge in [-0.25, -0.2) is 0 Å². The van der Waals surface area contributed by atoms with Crippen LogP contribution in [-0.4, -0.2) is 18.1 Å². The van der Waals surface area contributed by atoms with E-state index in [9.17, 15) is 0 Å². The van der Waals surface area contributed by atoms with Gasteiger partial charge in [0.05, 0.1) is 0 Å². The molecular formula is C15H18N2. The van der Waals surface area contributed by atoms with Crippen LogP contribution in [-0.2, 0) is 6.42 Å². The number of hydrogen-bond acceptors (Lipinski definition) is 1. The van der Waals surface area contributed by atoms with E-state index in [0.717, 1.165) is 25.9 Å². The minimum absolute atomic E-state index is 0.996. The molecule has 17 heavy (non-hydrogen) atoms. The Kier molecular flexibility index (Phi) is 2.73. The smallest absolute Gasteiger partial charge is 0.0460 e. The van der Waals surface area contributed by atoms with Crippen molar-refractivity contribution in [1.29, 1.82) is 0 Å². The van der Waals surface area contributed by atoms with Gasteiger partial charge in [0, 0.05) is 29.2 Å². The molecular weight excluding hydrogens is 208 g/mol. The Labute approximate surface area is 102 Å². The Morgan fingerprint density at radius 3 is 3.00 bits per heavy atom. The minimum atomic E-state index is 0.996. The maximum Gasteiger partial charge on any atom is 0.0460 e. The second kappa shape index (κ2) is 4.38. The SMILES string of the molecule is CCc1ccc2[nH]cc(C3=CCNCC3)c2c1. The van der Waals surface area contributed by atoms with Crippen LogP contribution in [0.5, 0.6) is 0 Å². The highest BCUT2D eigenvalue weighted by Gasteiger charge is 2.10. The lowest BCUT2D eigenvalue weighted by atomic mass is 9.98. The van der Waals surface area contributed by atoms with E-state index in [2.05, 4.69) is 47.7 Å². The first-order valence-corrected chi connectivity index (χ1v) is 6.38. The molecule has 0 aliphatic carbocycles. The molecule has 3 rings (SSSR count). The number of aromatic nitrogens is 1. The van der Waals surface area contributed by atoms with E-state index in [0.29, 0.717) is 0 Å². The molecule has 2 nitrogen and oxygen atoms in total. The first-order chi connectivity index (χ1) is 8.38. The van der Waals surface area contributed by atoms with Gasteiger partial charge in [-0.05, 0) is 42.7 Å². The third-order valence-electron chi connectivity index (χ3n) is 3.56. The molecule has 0 spiro atoms. The zero-order valence-corrected chi connectivity index (χ0v) is 10.2. The molecule has 0 saturated heterocycles. The van der Waals surface area contributed by atoms with Crippen molar-refractivity contribution in [3.05, 3.63) is 41.6 Å². The monoisotopic (exact) mass is 226 g/mol. The lowest BCUT2D eigenvalue weighted by Crippen LogP contribution is -2.19. The Bertz CT molecular complexity index is 563. The standard InChI is InChI=1S/C15H18N2/c1-2-11-3-4-15-13(9-11)14(10-17-15)12-5-7-16-8-6-12/h3-5,9-10,16-17H,2,6-8H2,1H3. The van der Waals surface area contributed by atoms with Gasteiger partial charge < -0.3 is 10.3 Å². The van der Waals surface area contributed by atoms with Crippen LogP contribution >= 0.6 is 0 Å². The minimum Gasteiger partial charge on any atom is -0.361 e. The van der Waals surface area contributed by atoms with Gasteiger partial charge in [0.2, 0.25) is 0 Å². The number of rotatable bonds is 2.